The average Bonchev–Trinajstić information content (AvgIpc) is 2.68. The molecule has 5 heteroatoms. The summed E-state index contributed by atoms with van der Waals surface area (Å²) in [5.74, 6) is 1.26. The lowest BCUT2D eigenvalue weighted by atomic mass is 10.1. The van der Waals surface area contributed by atoms with E-state index in [1.165, 1.54) is 0 Å². The van der Waals surface area contributed by atoms with Gasteiger partial charge < -0.3 is 14.8 Å². The molecule has 3 rings (SSSR count). The first-order valence-electron chi connectivity index (χ1n) is 8.07. The molecule has 0 bridgehead atoms. The van der Waals surface area contributed by atoms with Gasteiger partial charge in [-0.1, -0.05) is 34.1 Å². The second-order valence-electron chi connectivity index (χ2n) is 5.59. The quantitative estimate of drug-likeness (QED) is 0.599. The van der Waals surface area contributed by atoms with Crippen LogP contribution in [0.1, 0.15) is 15.9 Å². The summed E-state index contributed by atoms with van der Waals surface area (Å²) >= 11 is 3.38. The molecule has 0 heterocycles. The van der Waals surface area contributed by atoms with E-state index in [1.54, 1.807) is 25.3 Å². The van der Waals surface area contributed by atoms with Crippen molar-refractivity contribution >= 4 is 27.5 Å². The summed E-state index contributed by atoms with van der Waals surface area (Å²) in [6, 6.07) is 22.3. The third kappa shape index (κ3) is 4.64. The van der Waals surface area contributed by atoms with Crippen LogP contribution in [0.25, 0.3) is 0 Å². The molecule has 0 saturated heterocycles. The van der Waals surface area contributed by atoms with Crippen LogP contribution in [-0.2, 0) is 6.61 Å². The van der Waals surface area contributed by atoms with E-state index in [0.717, 1.165) is 21.5 Å². The Morgan fingerprint density at radius 3 is 2.42 bits per heavy atom. The summed E-state index contributed by atoms with van der Waals surface area (Å²) in [4.78, 5) is 12.5. The number of nitrogens with one attached hydrogen (secondary N) is 1. The topological polar surface area (TPSA) is 47.6 Å². The molecule has 0 fully saturated rings. The fraction of sp³-hybridized carbons (Fsp3) is 0.0952. The van der Waals surface area contributed by atoms with Gasteiger partial charge in [-0.3, -0.25) is 4.79 Å². The standard InChI is InChI=1S/C21H18BrNO3/c1-25-20-12-7-15(21(24)23-18-10-8-17(22)9-11-18)13-16(20)14-26-19-5-3-2-4-6-19/h2-13H,14H2,1H3,(H,23,24). The number of para-hydroxylation sites is 1. The molecule has 26 heavy (non-hydrogen) atoms. The van der Waals surface area contributed by atoms with Gasteiger partial charge in [-0.2, -0.15) is 0 Å². The maximum Gasteiger partial charge on any atom is 0.255 e. The summed E-state index contributed by atoms with van der Waals surface area (Å²) in [6.07, 6.45) is 0. The molecular weight excluding hydrogens is 394 g/mol. The fourth-order valence-electron chi connectivity index (χ4n) is 2.45. The highest BCUT2D eigenvalue weighted by atomic mass is 79.9. The number of amides is 1. The van der Waals surface area contributed by atoms with Crippen LogP contribution in [0.3, 0.4) is 0 Å². The minimum atomic E-state index is -0.184. The molecule has 0 spiro atoms. The van der Waals surface area contributed by atoms with Gasteiger partial charge in [-0.25, -0.2) is 0 Å². The SMILES string of the molecule is COc1ccc(C(=O)Nc2ccc(Br)cc2)cc1COc1ccccc1. The molecule has 3 aromatic rings. The number of anilines is 1. The van der Waals surface area contributed by atoms with E-state index in [0.29, 0.717) is 17.9 Å². The zero-order valence-electron chi connectivity index (χ0n) is 14.2. The molecule has 0 atom stereocenters. The molecule has 0 radical (unpaired) electrons. The van der Waals surface area contributed by atoms with Crippen LogP contribution in [0, 0.1) is 0 Å². The number of benzene rings is 3. The smallest absolute Gasteiger partial charge is 0.255 e. The minimum absolute atomic E-state index is 0.184. The predicted octanol–water partition coefficient (Wildman–Crippen LogP) is 5.29. The van der Waals surface area contributed by atoms with Gasteiger partial charge in [0, 0.05) is 21.3 Å². The molecular formula is C21H18BrNO3. The Kier molecular flexibility index (Phi) is 5.92. The van der Waals surface area contributed by atoms with Gasteiger partial charge in [0.15, 0.2) is 0 Å². The molecule has 1 amide bonds. The largest absolute Gasteiger partial charge is 0.496 e. The Morgan fingerprint density at radius 1 is 1.00 bits per heavy atom. The van der Waals surface area contributed by atoms with Gasteiger partial charge in [0.25, 0.3) is 5.91 Å². The Labute approximate surface area is 160 Å². The zero-order valence-corrected chi connectivity index (χ0v) is 15.8. The zero-order chi connectivity index (χ0) is 18.4. The van der Waals surface area contributed by atoms with Crippen molar-refractivity contribution in [1.82, 2.24) is 0 Å². The number of carbonyl (C=O) groups is 1. The number of carbonyl (C=O) groups excluding carboxylic acids is 1. The van der Waals surface area contributed by atoms with Crippen LogP contribution in [0.4, 0.5) is 5.69 Å². The van der Waals surface area contributed by atoms with Crippen molar-refractivity contribution in [3.05, 3.63) is 88.4 Å². The molecule has 0 saturated carbocycles. The first-order chi connectivity index (χ1) is 12.7. The van der Waals surface area contributed by atoms with Crippen molar-refractivity contribution in [2.75, 3.05) is 12.4 Å². The van der Waals surface area contributed by atoms with E-state index in [2.05, 4.69) is 21.2 Å². The van der Waals surface area contributed by atoms with Crippen molar-refractivity contribution in [3.8, 4) is 11.5 Å². The Morgan fingerprint density at radius 2 is 1.73 bits per heavy atom. The van der Waals surface area contributed by atoms with Gasteiger partial charge in [-0.05, 0) is 54.6 Å². The molecule has 132 valence electrons. The third-order valence-corrected chi connectivity index (χ3v) is 4.31. The maximum atomic E-state index is 12.5. The molecule has 0 unspecified atom stereocenters. The lowest BCUT2D eigenvalue weighted by molar-refractivity contribution is 0.102. The van der Waals surface area contributed by atoms with Crippen LogP contribution in [0.15, 0.2) is 77.3 Å². The van der Waals surface area contributed by atoms with Crippen molar-refractivity contribution < 1.29 is 14.3 Å². The molecule has 4 nitrogen and oxygen atoms in total. The lowest BCUT2D eigenvalue weighted by Crippen LogP contribution is -2.12. The number of halogens is 1. The Hall–Kier alpha value is -2.79. The van der Waals surface area contributed by atoms with Gasteiger partial charge in [-0.15, -0.1) is 0 Å². The molecule has 0 aliphatic carbocycles. The summed E-state index contributed by atoms with van der Waals surface area (Å²) in [5.41, 5.74) is 2.08. The highest BCUT2D eigenvalue weighted by Gasteiger charge is 2.11. The second-order valence-corrected chi connectivity index (χ2v) is 6.51. The van der Waals surface area contributed by atoms with Gasteiger partial charge in [0.05, 0.1) is 7.11 Å². The lowest BCUT2D eigenvalue weighted by Gasteiger charge is -2.12. The minimum Gasteiger partial charge on any atom is -0.496 e. The monoisotopic (exact) mass is 411 g/mol. The number of hydrogen-bond acceptors (Lipinski definition) is 3. The number of hydrogen-bond donors (Lipinski definition) is 1. The fourth-order valence-corrected chi connectivity index (χ4v) is 2.71. The average molecular weight is 412 g/mol. The number of rotatable bonds is 6. The van der Waals surface area contributed by atoms with Crippen molar-refractivity contribution in [1.29, 1.82) is 0 Å². The first kappa shape index (κ1) is 18.0. The highest BCUT2D eigenvalue weighted by molar-refractivity contribution is 9.10. The summed E-state index contributed by atoms with van der Waals surface area (Å²) in [7, 11) is 1.60. The van der Waals surface area contributed by atoms with E-state index < -0.39 is 0 Å². The predicted molar refractivity (Wildman–Crippen MR) is 106 cm³/mol. The summed E-state index contributed by atoms with van der Waals surface area (Å²) in [5, 5.41) is 2.88. The van der Waals surface area contributed by atoms with Crippen LogP contribution in [0.2, 0.25) is 0 Å². The van der Waals surface area contributed by atoms with Gasteiger partial charge in [0.2, 0.25) is 0 Å². The molecule has 0 aromatic heterocycles. The maximum absolute atomic E-state index is 12.5. The van der Waals surface area contributed by atoms with E-state index in [1.807, 2.05) is 54.6 Å². The summed E-state index contributed by atoms with van der Waals surface area (Å²) < 4.78 is 12.1. The molecule has 0 aliphatic rings. The Balaban J connectivity index is 1.75. The second kappa shape index (κ2) is 8.54. The van der Waals surface area contributed by atoms with Crippen LogP contribution < -0.4 is 14.8 Å². The summed E-state index contributed by atoms with van der Waals surface area (Å²) in [6.45, 7) is 0.312. The van der Waals surface area contributed by atoms with Crippen molar-refractivity contribution in [3.63, 3.8) is 0 Å². The van der Waals surface area contributed by atoms with Crippen molar-refractivity contribution in [2.24, 2.45) is 0 Å². The Bertz CT molecular complexity index is 880. The van der Waals surface area contributed by atoms with Crippen LogP contribution in [-0.4, -0.2) is 13.0 Å². The van der Waals surface area contributed by atoms with Crippen LogP contribution >= 0.6 is 15.9 Å². The molecule has 3 aromatic carbocycles. The normalized spacial score (nSPS) is 10.2. The van der Waals surface area contributed by atoms with Gasteiger partial charge >= 0.3 is 0 Å². The van der Waals surface area contributed by atoms with Crippen molar-refractivity contribution in [2.45, 2.75) is 6.61 Å². The van der Waals surface area contributed by atoms with E-state index in [9.17, 15) is 4.79 Å². The highest BCUT2D eigenvalue weighted by Crippen LogP contribution is 2.23. The molecule has 1 N–H and O–H groups in total. The number of methoxy groups -OCH3 is 1. The van der Waals surface area contributed by atoms with E-state index in [-0.39, 0.29) is 5.91 Å². The first-order valence-corrected chi connectivity index (χ1v) is 8.86. The van der Waals surface area contributed by atoms with Crippen LogP contribution in [0.5, 0.6) is 11.5 Å². The van der Waals surface area contributed by atoms with E-state index in [4.69, 9.17) is 9.47 Å². The molecule has 0 aliphatic heterocycles. The third-order valence-electron chi connectivity index (χ3n) is 3.78. The van der Waals surface area contributed by atoms with Gasteiger partial charge in [0.1, 0.15) is 18.1 Å². The van der Waals surface area contributed by atoms with E-state index >= 15 is 0 Å². The number of ether oxygens (including phenoxy) is 2.